The van der Waals surface area contributed by atoms with E-state index in [1.807, 2.05) is 6.92 Å². The summed E-state index contributed by atoms with van der Waals surface area (Å²) in [6.45, 7) is 11.1. The third kappa shape index (κ3) is 4.92. The summed E-state index contributed by atoms with van der Waals surface area (Å²) in [5, 5.41) is 0. The van der Waals surface area contributed by atoms with E-state index in [9.17, 15) is 0 Å². The second-order valence-electron chi connectivity index (χ2n) is 8.29. The SMILES string of the molecule is CCOc1ccc(CN2CCN(Cc3cccc(C)c3)C2c2ccc(C)cc2)cc1. The van der Waals surface area contributed by atoms with Crippen molar-refractivity contribution in [2.45, 2.75) is 40.0 Å². The van der Waals surface area contributed by atoms with Crippen LogP contribution in [0.25, 0.3) is 0 Å². The maximum absolute atomic E-state index is 5.60. The number of rotatable bonds is 7. The maximum atomic E-state index is 5.60. The summed E-state index contributed by atoms with van der Waals surface area (Å²) in [5.74, 6) is 0.943. The molecule has 0 aromatic heterocycles. The molecule has 1 aliphatic rings. The van der Waals surface area contributed by atoms with Crippen LogP contribution in [0.5, 0.6) is 5.75 Å². The second kappa shape index (κ2) is 9.46. The third-order valence-electron chi connectivity index (χ3n) is 5.83. The Balaban J connectivity index is 1.56. The van der Waals surface area contributed by atoms with Gasteiger partial charge in [0.1, 0.15) is 5.75 Å². The van der Waals surface area contributed by atoms with E-state index in [0.717, 1.165) is 31.9 Å². The predicted octanol–water partition coefficient (Wildman–Crippen LogP) is 5.72. The predicted molar refractivity (Wildman–Crippen MR) is 124 cm³/mol. The summed E-state index contributed by atoms with van der Waals surface area (Å²) in [7, 11) is 0. The Labute approximate surface area is 180 Å². The normalized spacial score (nSPS) is 17.4. The van der Waals surface area contributed by atoms with Crippen LogP contribution in [0.3, 0.4) is 0 Å². The fourth-order valence-corrected chi connectivity index (χ4v) is 4.36. The van der Waals surface area contributed by atoms with Gasteiger partial charge in [-0.1, -0.05) is 71.8 Å². The number of ether oxygens (including phenoxy) is 1. The fraction of sp³-hybridized carbons (Fsp3) is 0.333. The van der Waals surface area contributed by atoms with Crippen LogP contribution < -0.4 is 4.74 Å². The molecule has 1 heterocycles. The van der Waals surface area contributed by atoms with Crippen molar-refractivity contribution in [2.75, 3.05) is 19.7 Å². The third-order valence-corrected chi connectivity index (χ3v) is 5.83. The molecule has 1 fully saturated rings. The molecule has 0 radical (unpaired) electrons. The molecular formula is C27H32N2O. The molecule has 0 amide bonds. The van der Waals surface area contributed by atoms with Crippen LogP contribution in [0, 0.1) is 13.8 Å². The van der Waals surface area contributed by atoms with Crippen molar-refractivity contribution in [2.24, 2.45) is 0 Å². The highest BCUT2D eigenvalue weighted by atomic mass is 16.5. The van der Waals surface area contributed by atoms with Gasteiger partial charge in [0, 0.05) is 26.2 Å². The van der Waals surface area contributed by atoms with Crippen LogP contribution in [-0.4, -0.2) is 29.5 Å². The van der Waals surface area contributed by atoms with Gasteiger partial charge in [0.15, 0.2) is 0 Å². The number of hydrogen-bond donors (Lipinski definition) is 0. The van der Waals surface area contributed by atoms with Gasteiger partial charge in [0.2, 0.25) is 0 Å². The van der Waals surface area contributed by atoms with Crippen LogP contribution in [0.15, 0.2) is 72.8 Å². The Morgan fingerprint density at radius 3 is 2.07 bits per heavy atom. The molecule has 1 saturated heterocycles. The van der Waals surface area contributed by atoms with E-state index in [4.69, 9.17) is 4.74 Å². The fourth-order valence-electron chi connectivity index (χ4n) is 4.36. The average Bonchev–Trinajstić information content (AvgIpc) is 3.12. The molecule has 0 aliphatic carbocycles. The van der Waals surface area contributed by atoms with Gasteiger partial charge < -0.3 is 4.74 Å². The molecule has 4 rings (SSSR count). The standard InChI is InChI=1S/C27H32N2O/c1-4-30-26-14-10-23(11-15-26)19-28-16-17-29(20-24-7-5-6-22(3)18-24)27(28)25-12-8-21(2)9-13-25/h5-15,18,27H,4,16-17,19-20H2,1-3H3. The highest BCUT2D eigenvalue weighted by Gasteiger charge is 2.33. The van der Waals surface area contributed by atoms with Crippen molar-refractivity contribution < 1.29 is 4.74 Å². The van der Waals surface area contributed by atoms with Gasteiger partial charge in [-0.25, -0.2) is 0 Å². The molecule has 156 valence electrons. The molecule has 0 bridgehead atoms. The van der Waals surface area contributed by atoms with Crippen LogP contribution in [0.2, 0.25) is 0 Å². The molecule has 0 spiro atoms. The van der Waals surface area contributed by atoms with E-state index in [0.29, 0.717) is 6.61 Å². The van der Waals surface area contributed by atoms with Crippen molar-refractivity contribution in [1.82, 2.24) is 9.80 Å². The van der Waals surface area contributed by atoms with E-state index in [1.54, 1.807) is 0 Å². The second-order valence-corrected chi connectivity index (χ2v) is 8.29. The molecule has 3 nitrogen and oxygen atoms in total. The Bertz CT molecular complexity index is 949. The molecular weight excluding hydrogens is 368 g/mol. The minimum absolute atomic E-state index is 0.290. The first kappa shape index (κ1) is 20.6. The highest BCUT2D eigenvalue weighted by molar-refractivity contribution is 5.29. The van der Waals surface area contributed by atoms with Gasteiger partial charge in [0.25, 0.3) is 0 Å². The van der Waals surface area contributed by atoms with E-state index in [2.05, 4.69) is 96.4 Å². The van der Waals surface area contributed by atoms with Gasteiger partial charge in [-0.15, -0.1) is 0 Å². The lowest BCUT2D eigenvalue weighted by atomic mass is 10.1. The lowest BCUT2D eigenvalue weighted by molar-refractivity contribution is 0.126. The molecule has 3 aromatic carbocycles. The molecule has 1 atom stereocenters. The first-order chi connectivity index (χ1) is 14.6. The molecule has 0 saturated carbocycles. The zero-order valence-electron chi connectivity index (χ0n) is 18.3. The van der Waals surface area contributed by atoms with Gasteiger partial charge in [-0.05, 0) is 49.6 Å². The van der Waals surface area contributed by atoms with E-state index in [1.165, 1.54) is 27.8 Å². The van der Waals surface area contributed by atoms with Crippen LogP contribution in [0.1, 0.15) is 40.9 Å². The maximum Gasteiger partial charge on any atom is 0.119 e. The van der Waals surface area contributed by atoms with E-state index in [-0.39, 0.29) is 6.17 Å². The lowest BCUT2D eigenvalue weighted by Gasteiger charge is -2.31. The van der Waals surface area contributed by atoms with Crippen molar-refractivity contribution >= 4 is 0 Å². The number of aryl methyl sites for hydroxylation is 2. The summed E-state index contributed by atoms with van der Waals surface area (Å²) in [6.07, 6.45) is 0.290. The lowest BCUT2D eigenvalue weighted by Crippen LogP contribution is -2.30. The topological polar surface area (TPSA) is 15.7 Å². The first-order valence-corrected chi connectivity index (χ1v) is 10.9. The van der Waals surface area contributed by atoms with Gasteiger partial charge >= 0.3 is 0 Å². The van der Waals surface area contributed by atoms with Crippen LogP contribution in [0.4, 0.5) is 0 Å². The van der Waals surface area contributed by atoms with Gasteiger partial charge in [-0.2, -0.15) is 0 Å². The summed E-state index contributed by atoms with van der Waals surface area (Å²) in [4.78, 5) is 5.20. The minimum atomic E-state index is 0.290. The van der Waals surface area contributed by atoms with Gasteiger partial charge in [0.05, 0.1) is 12.8 Å². The zero-order valence-corrected chi connectivity index (χ0v) is 18.3. The number of benzene rings is 3. The van der Waals surface area contributed by atoms with Crippen LogP contribution >= 0.6 is 0 Å². The summed E-state index contributed by atoms with van der Waals surface area (Å²) < 4.78 is 5.60. The number of hydrogen-bond acceptors (Lipinski definition) is 3. The van der Waals surface area contributed by atoms with Crippen molar-refractivity contribution in [3.63, 3.8) is 0 Å². The Hall–Kier alpha value is -2.62. The Morgan fingerprint density at radius 1 is 0.767 bits per heavy atom. The largest absolute Gasteiger partial charge is 0.494 e. The minimum Gasteiger partial charge on any atom is -0.494 e. The molecule has 3 heteroatoms. The highest BCUT2D eigenvalue weighted by Crippen LogP contribution is 2.33. The van der Waals surface area contributed by atoms with Crippen molar-refractivity contribution in [3.05, 3.63) is 101 Å². The smallest absolute Gasteiger partial charge is 0.119 e. The Morgan fingerprint density at radius 2 is 1.43 bits per heavy atom. The Kier molecular flexibility index (Phi) is 6.51. The van der Waals surface area contributed by atoms with E-state index < -0.39 is 0 Å². The molecule has 1 unspecified atom stereocenters. The quantitative estimate of drug-likeness (QED) is 0.504. The zero-order chi connectivity index (χ0) is 20.9. The average molecular weight is 401 g/mol. The summed E-state index contributed by atoms with van der Waals surface area (Å²) >= 11 is 0. The van der Waals surface area contributed by atoms with Crippen molar-refractivity contribution in [3.8, 4) is 5.75 Å². The molecule has 1 aliphatic heterocycles. The summed E-state index contributed by atoms with van der Waals surface area (Å²) in [6, 6.07) is 26.5. The molecule has 30 heavy (non-hydrogen) atoms. The summed E-state index contributed by atoms with van der Waals surface area (Å²) in [5.41, 5.74) is 6.71. The van der Waals surface area contributed by atoms with Gasteiger partial charge in [-0.3, -0.25) is 9.80 Å². The van der Waals surface area contributed by atoms with E-state index >= 15 is 0 Å². The van der Waals surface area contributed by atoms with Crippen LogP contribution in [-0.2, 0) is 13.1 Å². The first-order valence-electron chi connectivity index (χ1n) is 10.9. The molecule has 3 aromatic rings. The van der Waals surface area contributed by atoms with Crippen molar-refractivity contribution in [1.29, 1.82) is 0 Å². The number of nitrogens with zero attached hydrogens (tertiary/aromatic N) is 2. The molecule has 0 N–H and O–H groups in total. The monoisotopic (exact) mass is 400 g/mol.